The largest absolute Gasteiger partial charge is 0.466 e. The quantitative estimate of drug-likeness (QED) is 0.0320. The zero-order valence-corrected chi connectivity index (χ0v) is 50.5. The van der Waals surface area contributed by atoms with E-state index in [1.165, 1.54) is 283 Å². The van der Waals surface area contributed by atoms with Crippen LogP contribution in [0.3, 0.4) is 0 Å². The minimum absolute atomic E-state index is 0.000850. The summed E-state index contributed by atoms with van der Waals surface area (Å²) in [5.74, 6) is -0.0359. The van der Waals surface area contributed by atoms with E-state index in [0.29, 0.717) is 25.9 Å². The molecule has 1 amide bonds. The normalized spacial score (nSPS) is 12.7. The predicted octanol–water partition coefficient (Wildman–Crippen LogP) is 21.5. The Bertz CT molecular complexity index is 1210. The highest BCUT2D eigenvalue weighted by Gasteiger charge is 2.20. The minimum atomic E-state index is -0.667. The van der Waals surface area contributed by atoms with Crippen LogP contribution in [0.2, 0.25) is 0 Å². The number of allylic oxidation sites excluding steroid dienone is 6. The summed E-state index contributed by atoms with van der Waals surface area (Å²) in [4.78, 5) is 24.6. The Morgan fingerprint density at radius 2 is 0.680 bits per heavy atom. The molecule has 0 aromatic rings. The van der Waals surface area contributed by atoms with E-state index < -0.39 is 12.1 Å². The van der Waals surface area contributed by atoms with Crippen LogP contribution in [0.5, 0.6) is 0 Å². The van der Waals surface area contributed by atoms with Crippen molar-refractivity contribution in [3.63, 3.8) is 0 Å². The molecule has 0 aliphatic carbocycles. The first-order valence-electron chi connectivity index (χ1n) is 33.7. The third-order valence-electron chi connectivity index (χ3n) is 15.7. The Balaban J connectivity index is 3.40. The summed E-state index contributed by atoms with van der Waals surface area (Å²) in [6, 6.07) is -0.545. The fourth-order valence-corrected chi connectivity index (χ4v) is 10.5. The van der Waals surface area contributed by atoms with Gasteiger partial charge in [0, 0.05) is 12.8 Å². The van der Waals surface area contributed by atoms with Crippen molar-refractivity contribution in [1.82, 2.24) is 5.32 Å². The molecule has 0 fully saturated rings. The molecule has 3 N–H and O–H groups in total. The molecule has 6 nitrogen and oxygen atoms in total. The summed E-state index contributed by atoms with van der Waals surface area (Å²) in [5, 5.41) is 23.4. The van der Waals surface area contributed by atoms with Gasteiger partial charge in [0.05, 0.1) is 25.4 Å². The lowest BCUT2D eigenvalue weighted by atomic mass is 10.0. The van der Waals surface area contributed by atoms with Crippen LogP contribution in [-0.2, 0) is 14.3 Å². The van der Waals surface area contributed by atoms with E-state index in [9.17, 15) is 19.8 Å². The maximum atomic E-state index is 12.5. The fourth-order valence-electron chi connectivity index (χ4n) is 10.5. The molecule has 0 aromatic heterocycles. The fraction of sp³-hybridized carbons (Fsp3) is 0.884. The standard InChI is InChI=1S/C69H131NO5/c1-3-5-7-9-11-13-15-17-19-20-28-31-34-37-41-45-49-53-57-61-67(72)66(65-71)70-68(73)62-58-54-50-46-42-38-35-32-29-26-24-22-21-23-25-27-30-33-36-40-44-48-52-56-60-64-75-69(74)63-59-55-51-47-43-39-18-16-14-12-10-8-6-4-2/h10,12,16,18,22,24,66-67,71-72H,3-9,11,13-15,17,19-21,23,25-65H2,1-2H3,(H,70,73)/b12-10-,18-16-,24-22-. The van der Waals surface area contributed by atoms with Gasteiger partial charge in [-0.1, -0.05) is 314 Å². The highest BCUT2D eigenvalue weighted by Crippen LogP contribution is 2.18. The third kappa shape index (κ3) is 61.2. The lowest BCUT2D eigenvalue weighted by Crippen LogP contribution is -2.45. The Morgan fingerprint density at radius 1 is 0.373 bits per heavy atom. The van der Waals surface area contributed by atoms with Crippen LogP contribution >= 0.6 is 0 Å². The van der Waals surface area contributed by atoms with Crippen molar-refractivity contribution in [3.8, 4) is 0 Å². The van der Waals surface area contributed by atoms with Crippen molar-refractivity contribution in [3.05, 3.63) is 36.5 Å². The number of ether oxygens (including phenoxy) is 1. The number of rotatable bonds is 63. The van der Waals surface area contributed by atoms with Gasteiger partial charge in [-0.2, -0.15) is 0 Å². The molecule has 6 heteroatoms. The van der Waals surface area contributed by atoms with Gasteiger partial charge in [-0.25, -0.2) is 0 Å². The molecule has 442 valence electrons. The molecule has 0 aliphatic heterocycles. The minimum Gasteiger partial charge on any atom is -0.466 e. The Morgan fingerprint density at radius 3 is 1.07 bits per heavy atom. The first-order valence-corrected chi connectivity index (χ1v) is 33.7. The number of aliphatic hydroxyl groups is 2. The smallest absolute Gasteiger partial charge is 0.305 e. The number of carbonyl (C=O) groups is 2. The van der Waals surface area contributed by atoms with Crippen molar-refractivity contribution in [2.45, 2.75) is 379 Å². The highest BCUT2D eigenvalue weighted by atomic mass is 16.5. The van der Waals surface area contributed by atoms with Crippen molar-refractivity contribution in [1.29, 1.82) is 0 Å². The average molecular weight is 1050 g/mol. The molecule has 2 unspecified atom stereocenters. The van der Waals surface area contributed by atoms with Crippen LogP contribution in [0.25, 0.3) is 0 Å². The van der Waals surface area contributed by atoms with E-state index in [1.807, 2.05) is 0 Å². The predicted molar refractivity (Wildman–Crippen MR) is 329 cm³/mol. The van der Waals surface area contributed by atoms with Crippen LogP contribution in [0.15, 0.2) is 36.5 Å². The van der Waals surface area contributed by atoms with Gasteiger partial charge in [0.15, 0.2) is 0 Å². The first kappa shape index (κ1) is 73.1. The molecule has 0 saturated heterocycles. The zero-order chi connectivity index (χ0) is 54.3. The number of esters is 1. The molecule has 0 bridgehead atoms. The second-order valence-electron chi connectivity index (χ2n) is 23.1. The number of hydrogen-bond donors (Lipinski definition) is 3. The summed E-state index contributed by atoms with van der Waals surface area (Å²) >= 11 is 0. The second kappa shape index (κ2) is 64.6. The zero-order valence-electron chi connectivity index (χ0n) is 50.5. The van der Waals surface area contributed by atoms with Gasteiger partial charge >= 0.3 is 5.97 Å². The lowest BCUT2D eigenvalue weighted by Gasteiger charge is -2.22. The molecule has 2 atom stereocenters. The summed E-state index contributed by atoms with van der Waals surface area (Å²) in [6.07, 6.45) is 81.7. The van der Waals surface area contributed by atoms with E-state index in [2.05, 4.69) is 55.6 Å². The molecule has 0 rings (SSSR count). The summed E-state index contributed by atoms with van der Waals surface area (Å²) in [6.45, 7) is 4.93. The van der Waals surface area contributed by atoms with Gasteiger partial charge in [0.25, 0.3) is 0 Å². The number of amides is 1. The van der Waals surface area contributed by atoms with Gasteiger partial charge in [-0.15, -0.1) is 0 Å². The summed E-state index contributed by atoms with van der Waals surface area (Å²) in [7, 11) is 0. The molecular weight excluding hydrogens is 923 g/mol. The van der Waals surface area contributed by atoms with Crippen LogP contribution in [0.1, 0.15) is 367 Å². The monoisotopic (exact) mass is 1050 g/mol. The summed E-state index contributed by atoms with van der Waals surface area (Å²) < 4.78 is 5.48. The van der Waals surface area contributed by atoms with E-state index in [4.69, 9.17) is 4.74 Å². The van der Waals surface area contributed by atoms with Crippen molar-refractivity contribution < 1.29 is 24.5 Å². The second-order valence-corrected chi connectivity index (χ2v) is 23.1. The third-order valence-corrected chi connectivity index (χ3v) is 15.7. The Labute approximate surface area is 468 Å². The Hall–Kier alpha value is -1.92. The number of nitrogens with one attached hydrogen (secondary N) is 1. The van der Waals surface area contributed by atoms with Gasteiger partial charge in [-0.3, -0.25) is 9.59 Å². The average Bonchev–Trinajstić information content (AvgIpc) is 3.41. The molecular formula is C69H131NO5. The van der Waals surface area contributed by atoms with Gasteiger partial charge in [0.1, 0.15) is 0 Å². The van der Waals surface area contributed by atoms with E-state index in [0.717, 1.165) is 51.4 Å². The maximum absolute atomic E-state index is 12.5. The van der Waals surface area contributed by atoms with Gasteiger partial charge in [-0.05, 0) is 77.0 Å². The van der Waals surface area contributed by atoms with Crippen LogP contribution in [0.4, 0.5) is 0 Å². The SMILES string of the molecule is CCCC/C=C\C/C=C\CCCCCCCC(=O)OCCCCCCCCCCCCCC/C=C\CCCCCCCCCCCC(=O)NC(CO)C(O)CCCCCCCCCCCCCCCCCCCCC. The summed E-state index contributed by atoms with van der Waals surface area (Å²) in [5.41, 5.74) is 0. The number of unbranched alkanes of at least 4 members (excludes halogenated alkanes) is 46. The Kier molecular flexibility index (Phi) is 63.0. The molecule has 0 saturated carbocycles. The van der Waals surface area contributed by atoms with Crippen molar-refractivity contribution >= 4 is 11.9 Å². The lowest BCUT2D eigenvalue weighted by molar-refractivity contribution is -0.143. The van der Waals surface area contributed by atoms with Crippen molar-refractivity contribution in [2.24, 2.45) is 0 Å². The molecule has 0 aromatic carbocycles. The molecule has 0 spiro atoms. The first-order chi connectivity index (χ1) is 37.0. The number of hydrogen-bond acceptors (Lipinski definition) is 5. The molecule has 0 radical (unpaired) electrons. The van der Waals surface area contributed by atoms with Crippen molar-refractivity contribution in [2.75, 3.05) is 13.2 Å². The topological polar surface area (TPSA) is 95.9 Å². The van der Waals surface area contributed by atoms with Gasteiger partial charge < -0.3 is 20.3 Å². The van der Waals surface area contributed by atoms with Gasteiger partial charge in [0.2, 0.25) is 5.91 Å². The van der Waals surface area contributed by atoms with E-state index in [-0.39, 0.29) is 18.5 Å². The van der Waals surface area contributed by atoms with Crippen LogP contribution in [0, 0.1) is 0 Å². The van der Waals surface area contributed by atoms with E-state index in [1.54, 1.807) is 0 Å². The van der Waals surface area contributed by atoms with Crippen LogP contribution in [-0.4, -0.2) is 47.4 Å². The number of aliphatic hydroxyl groups excluding tert-OH is 2. The van der Waals surface area contributed by atoms with E-state index >= 15 is 0 Å². The number of carbonyl (C=O) groups excluding carboxylic acids is 2. The molecule has 0 aliphatic rings. The highest BCUT2D eigenvalue weighted by molar-refractivity contribution is 5.76. The van der Waals surface area contributed by atoms with Crippen LogP contribution < -0.4 is 5.32 Å². The molecule has 0 heterocycles. The molecule has 75 heavy (non-hydrogen) atoms. The maximum Gasteiger partial charge on any atom is 0.305 e.